The fourth-order valence-electron chi connectivity index (χ4n) is 3.62. The minimum absolute atomic E-state index is 0.0796. The number of hydrogen-bond acceptors (Lipinski definition) is 5. The minimum Gasteiger partial charge on any atom is -0.505 e. The van der Waals surface area contributed by atoms with Crippen LogP contribution in [0.3, 0.4) is 0 Å². The van der Waals surface area contributed by atoms with Crippen LogP contribution in [-0.4, -0.2) is 39.4 Å². The first kappa shape index (κ1) is 24.8. The van der Waals surface area contributed by atoms with Crippen molar-refractivity contribution in [2.75, 3.05) is 11.9 Å². The van der Waals surface area contributed by atoms with E-state index in [1.54, 1.807) is 31.2 Å². The number of nitrogens with one attached hydrogen (secondary N) is 1. The number of rotatable bonds is 9. The maximum Gasteiger partial charge on any atom is 0.416 e. The monoisotopic (exact) mass is 475 g/mol. The van der Waals surface area contributed by atoms with Crippen LogP contribution in [0.1, 0.15) is 36.5 Å². The number of aryl methyl sites for hydroxylation is 2. The second-order valence-corrected chi connectivity index (χ2v) is 7.78. The molecule has 0 unspecified atom stereocenters. The second-order valence-electron chi connectivity index (χ2n) is 7.78. The molecule has 3 N–H and O–H groups in total. The van der Waals surface area contributed by atoms with Crippen LogP contribution in [0.15, 0.2) is 59.3 Å². The molecule has 1 aliphatic heterocycles. The Kier molecular flexibility index (Phi) is 7.60. The molecule has 0 aromatic heterocycles. The Balaban J connectivity index is 1.69. The van der Waals surface area contributed by atoms with Crippen molar-refractivity contribution in [1.29, 1.82) is 0 Å². The lowest BCUT2D eigenvalue weighted by molar-refractivity contribution is -0.138. The molecule has 2 aromatic rings. The Hall–Kier alpha value is -3.82. The van der Waals surface area contributed by atoms with E-state index in [-0.39, 0.29) is 49.1 Å². The Labute approximate surface area is 194 Å². The number of halogens is 3. The van der Waals surface area contributed by atoms with Gasteiger partial charge >= 0.3 is 12.1 Å². The van der Waals surface area contributed by atoms with Crippen molar-refractivity contribution in [3.05, 3.63) is 70.9 Å². The highest BCUT2D eigenvalue weighted by atomic mass is 19.4. The number of carboxylic acids is 1. The lowest BCUT2D eigenvalue weighted by Gasteiger charge is -2.14. The number of carbonyl (C=O) groups excluding carboxylic acids is 1. The van der Waals surface area contributed by atoms with Crippen LogP contribution in [0.4, 0.5) is 18.9 Å². The highest BCUT2D eigenvalue weighted by molar-refractivity contribution is 6.23. The molecular weight excluding hydrogens is 451 g/mol. The van der Waals surface area contributed by atoms with Crippen molar-refractivity contribution in [3.8, 4) is 5.75 Å². The summed E-state index contributed by atoms with van der Waals surface area (Å²) < 4.78 is 39.7. The highest BCUT2D eigenvalue weighted by Crippen LogP contribution is 2.34. The number of phenolic OH excluding ortho intramolecular Hbond substituents is 1. The van der Waals surface area contributed by atoms with Gasteiger partial charge in [0.15, 0.2) is 0 Å². The zero-order chi connectivity index (χ0) is 24.9. The number of anilines is 1. The summed E-state index contributed by atoms with van der Waals surface area (Å²) in [6, 6.07) is 10.2. The molecule has 0 aliphatic carbocycles. The molecule has 180 valence electrons. The number of hydrogen-bond donors (Lipinski definition) is 3. The predicted molar refractivity (Wildman–Crippen MR) is 120 cm³/mol. The molecule has 0 radical (unpaired) electrons. The van der Waals surface area contributed by atoms with Gasteiger partial charge in [0.1, 0.15) is 5.75 Å². The van der Waals surface area contributed by atoms with Crippen LogP contribution < -0.4 is 5.32 Å². The molecule has 1 aliphatic rings. The second kappa shape index (κ2) is 10.4. The summed E-state index contributed by atoms with van der Waals surface area (Å²) >= 11 is 0. The van der Waals surface area contributed by atoms with E-state index >= 15 is 0 Å². The van der Waals surface area contributed by atoms with Crippen molar-refractivity contribution in [3.63, 3.8) is 0 Å². The van der Waals surface area contributed by atoms with Gasteiger partial charge in [0.05, 0.1) is 22.5 Å². The maximum atomic E-state index is 13.2. The Bertz CT molecular complexity index is 1140. The SMILES string of the molecule is CC1=NN(CCCC(=O)O)C(=O)/C1=C\Nc1cccc(CCc2ccccc2C(F)(F)F)c1O. The molecule has 1 heterocycles. The predicted octanol–water partition coefficient (Wildman–Crippen LogP) is 4.57. The number of benzene rings is 2. The number of para-hydroxylation sites is 1. The van der Waals surface area contributed by atoms with E-state index in [9.17, 15) is 27.9 Å². The number of carbonyl (C=O) groups is 2. The minimum atomic E-state index is -4.46. The van der Waals surface area contributed by atoms with Gasteiger partial charge in [-0.05, 0) is 49.4 Å². The van der Waals surface area contributed by atoms with E-state index in [0.29, 0.717) is 17.0 Å². The molecule has 0 saturated carbocycles. The summed E-state index contributed by atoms with van der Waals surface area (Å²) in [6.07, 6.45) is -2.60. The zero-order valence-corrected chi connectivity index (χ0v) is 18.4. The van der Waals surface area contributed by atoms with Crippen LogP contribution in [0.5, 0.6) is 5.75 Å². The molecular formula is C24H24F3N3O4. The van der Waals surface area contributed by atoms with Crippen LogP contribution in [0, 0.1) is 0 Å². The van der Waals surface area contributed by atoms with E-state index in [4.69, 9.17) is 5.11 Å². The van der Waals surface area contributed by atoms with E-state index in [2.05, 4.69) is 10.4 Å². The average molecular weight is 475 g/mol. The van der Waals surface area contributed by atoms with Crippen molar-refractivity contribution in [2.45, 2.75) is 38.8 Å². The summed E-state index contributed by atoms with van der Waals surface area (Å²) in [6.45, 7) is 1.80. The largest absolute Gasteiger partial charge is 0.505 e. The van der Waals surface area contributed by atoms with Crippen LogP contribution in [0.2, 0.25) is 0 Å². The molecule has 0 saturated heterocycles. The van der Waals surface area contributed by atoms with E-state index < -0.39 is 23.6 Å². The number of nitrogens with zero attached hydrogens (tertiary/aromatic N) is 2. The van der Waals surface area contributed by atoms with Gasteiger partial charge in [-0.25, -0.2) is 5.01 Å². The molecule has 0 fully saturated rings. The molecule has 0 atom stereocenters. The fraction of sp³-hybridized carbons (Fsp3) is 0.292. The van der Waals surface area contributed by atoms with Gasteiger partial charge in [-0.2, -0.15) is 18.3 Å². The number of aliphatic carboxylic acids is 1. The van der Waals surface area contributed by atoms with Crippen molar-refractivity contribution in [2.24, 2.45) is 5.10 Å². The maximum absolute atomic E-state index is 13.2. The van der Waals surface area contributed by atoms with Crippen LogP contribution in [0.25, 0.3) is 0 Å². The molecule has 34 heavy (non-hydrogen) atoms. The van der Waals surface area contributed by atoms with Gasteiger partial charge in [-0.15, -0.1) is 0 Å². The third-order valence-corrected chi connectivity index (χ3v) is 5.36. The fourth-order valence-corrected chi connectivity index (χ4v) is 3.62. The third-order valence-electron chi connectivity index (χ3n) is 5.36. The first-order valence-electron chi connectivity index (χ1n) is 10.6. The van der Waals surface area contributed by atoms with Gasteiger partial charge in [-0.3, -0.25) is 9.59 Å². The van der Waals surface area contributed by atoms with Crippen LogP contribution >= 0.6 is 0 Å². The quantitative estimate of drug-likeness (QED) is 0.364. The number of phenols is 1. The van der Waals surface area contributed by atoms with Crippen molar-refractivity contribution < 1.29 is 33.0 Å². The smallest absolute Gasteiger partial charge is 0.416 e. The van der Waals surface area contributed by atoms with Crippen molar-refractivity contribution in [1.82, 2.24) is 5.01 Å². The first-order valence-corrected chi connectivity index (χ1v) is 10.6. The number of alkyl halides is 3. The topological polar surface area (TPSA) is 102 Å². The van der Waals surface area contributed by atoms with Gasteiger partial charge in [0.2, 0.25) is 0 Å². The van der Waals surface area contributed by atoms with Gasteiger partial charge in [0, 0.05) is 19.2 Å². The number of carboxylic acid groups (broad SMARTS) is 1. The third kappa shape index (κ3) is 5.94. The Morgan fingerprint density at radius 2 is 1.79 bits per heavy atom. The molecule has 0 bridgehead atoms. The number of aromatic hydroxyl groups is 1. The van der Waals surface area contributed by atoms with Crippen molar-refractivity contribution >= 4 is 23.3 Å². The van der Waals surface area contributed by atoms with Crippen LogP contribution in [-0.2, 0) is 28.6 Å². The summed E-state index contributed by atoms with van der Waals surface area (Å²) in [7, 11) is 0. The zero-order valence-electron chi connectivity index (χ0n) is 18.4. The highest BCUT2D eigenvalue weighted by Gasteiger charge is 2.32. The molecule has 10 heteroatoms. The molecule has 2 aromatic carbocycles. The van der Waals surface area contributed by atoms with E-state index in [0.717, 1.165) is 6.07 Å². The summed E-state index contributed by atoms with van der Waals surface area (Å²) in [5, 5.41) is 27.6. The first-order chi connectivity index (χ1) is 16.1. The molecule has 0 spiro atoms. The van der Waals surface area contributed by atoms with Gasteiger partial charge in [-0.1, -0.05) is 30.3 Å². The lowest BCUT2D eigenvalue weighted by atomic mass is 9.98. The number of hydrazone groups is 1. The molecule has 3 rings (SSSR count). The van der Waals surface area contributed by atoms with E-state index in [1.165, 1.54) is 23.3 Å². The average Bonchev–Trinajstić information content (AvgIpc) is 3.04. The number of amides is 1. The van der Waals surface area contributed by atoms with Gasteiger partial charge in [0.25, 0.3) is 5.91 Å². The summed E-state index contributed by atoms with van der Waals surface area (Å²) in [4.78, 5) is 23.2. The Morgan fingerprint density at radius 1 is 1.12 bits per heavy atom. The molecule has 7 nitrogen and oxygen atoms in total. The van der Waals surface area contributed by atoms with Gasteiger partial charge < -0.3 is 15.5 Å². The Morgan fingerprint density at radius 3 is 2.50 bits per heavy atom. The van der Waals surface area contributed by atoms with E-state index in [1.807, 2.05) is 0 Å². The summed E-state index contributed by atoms with van der Waals surface area (Å²) in [5.74, 6) is -1.47. The lowest BCUT2D eigenvalue weighted by Crippen LogP contribution is -2.24. The summed E-state index contributed by atoms with van der Waals surface area (Å²) in [5.41, 5.74) is 0.890. The molecule has 1 amide bonds. The standard InChI is InChI=1S/C24H24F3N3O4/c1-15-18(23(34)30(29-15)13-5-10-21(31)32)14-28-20-9-4-7-17(22(20)33)12-11-16-6-2-3-8-19(16)24(25,26)27/h2-4,6-9,14,28,33H,5,10-13H2,1H3,(H,31,32)/b18-14-. The normalized spacial score (nSPS) is 15.1.